The number of nitrogens with zero attached hydrogens (tertiary/aromatic N) is 5. The van der Waals surface area contributed by atoms with Gasteiger partial charge >= 0.3 is 6.09 Å². The summed E-state index contributed by atoms with van der Waals surface area (Å²) in [7, 11) is 0. The minimum Gasteiger partial charge on any atom is -0.444 e. The van der Waals surface area contributed by atoms with Gasteiger partial charge in [0.25, 0.3) is 0 Å². The van der Waals surface area contributed by atoms with Gasteiger partial charge in [-0.2, -0.15) is 0 Å². The number of carbonyl (C=O) groups is 1. The molecule has 2 aliphatic heterocycles. The zero-order chi connectivity index (χ0) is 33.3. The number of hydrogen-bond donors (Lipinski definition) is 0. The van der Waals surface area contributed by atoms with E-state index in [1.807, 2.05) is 79.3 Å². The van der Waals surface area contributed by atoms with Gasteiger partial charge in [0.15, 0.2) is 5.82 Å². The Kier molecular flexibility index (Phi) is 12.0. The minimum absolute atomic E-state index is 0. The maximum atomic E-state index is 15.9. The first-order valence-corrected chi connectivity index (χ1v) is 17.6. The highest BCUT2D eigenvalue weighted by molar-refractivity contribution is 7.15. The fourth-order valence-electron chi connectivity index (χ4n) is 6.85. The lowest BCUT2D eigenvalue weighted by molar-refractivity contribution is 0.0260. The molecule has 1 aromatic carbocycles. The van der Waals surface area contributed by atoms with Crippen molar-refractivity contribution in [1.29, 1.82) is 0 Å². The third kappa shape index (κ3) is 7.24. The van der Waals surface area contributed by atoms with E-state index in [4.69, 9.17) is 9.73 Å². The number of aliphatic imine (C=N–C) groups is 1. The van der Waals surface area contributed by atoms with E-state index in [-0.39, 0.29) is 36.7 Å². The highest BCUT2D eigenvalue weighted by Gasteiger charge is 2.44. The highest BCUT2D eigenvalue weighted by Crippen LogP contribution is 2.49. The summed E-state index contributed by atoms with van der Waals surface area (Å²) in [5.74, 6) is 1.66. The largest absolute Gasteiger partial charge is 0.444 e. The molecular formula is C37H56FN5O2S. The molecule has 0 N–H and O–H groups in total. The smallest absolute Gasteiger partial charge is 0.410 e. The zero-order valence-electron chi connectivity index (χ0n) is 29.2. The molecule has 4 heterocycles. The lowest BCUT2D eigenvalue weighted by Gasteiger charge is -2.37. The molecule has 1 atom stereocenters. The second kappa shape index (κ2) is 14.8. The number of ether oxygens (including phenoxy) is 1. The normalized spacial score (nSPS) is 21.8. The Morgan fingerprint density at radius 1 is 1.04 bits per heavy atom. The summed E-state index contributed by atoms with van der Waals surface area (Å²) in [5.41, 5.74) is 4.25. The van der Waals surface area contributed by atoms with Gasteiger partial charge in [0.2, 0.25) is 0 Å². The van der Waals surface area contributed by atoms with Crippen LogP contribution in [0.5, 0.6) is 0 Å². The second-order valence-electron chi connectivity index (χ2n) is 13.2. The average molecular weight is 654 g/mol. The quantitative estimate of drug-likeness (QED) is 0.276. The number of rotatable bonds is 2. The summed E-state index contributed by atoms with van der Waals surface area (Å²) in [5, 5.41) is 9.80. The molecule has 46 heavy (non-hydrogen) atoms. The van der Waals surface area contributed by atoms with Crippen LogP contribution in [0.15, 0.2) is 23.2 Å². The van der Waals surface area contributed by atoms with Crippen molar-refractivity contribution in [2.75, 3.05) is 13.1 Å². The fourth-order valence-corrected chi connectivity index (χ4v) is 8.07. The van der Waals surface area contributed by atoms with Gasteiger partial charge in [-0.25, -0.2) is 9.18 Å². The molecule has 2 aromatic heterocycles. The van der Waals surface area contributed by atoms with Gasteiger partial charge in [-0.05, 0) is 109 Å². The van der Waals surface area contributed by atoms with Gasteiger partial charge in [0, 0.05) is 29.1 Å². The first-order valence-electron chi connectivity index (χ1n) is 16.7. The summed E-state index contributed by atoms with van der Waals surface area (Å²) >= 11 is 1.71. The van der Waals surface area contributed by atoms with Crippen LogP contribution in [0, 0.1) is 32.0 Å². The topological polar surface area (TPSA) is 72.6 Å². The molecule has 1 aliphatic carbocycles. The van der Waals surface area contributed by atoms with Crippen LogP contribution in [0.3, 0.4) is 0 Å². The Morgan fingerprint density at radius 3 is 2.30 bits per heavy atom. The number of hydrogen-bond acceptors (Lipinski definition) is 6. The van der Waals surface area contributed by atoms with Crippen molar-refractivity contribution in [2.24, 2.45) is 10.4 Å². The molecule has 3 aliphatic rings. The molecule has 3 aromatic rings. The fraction of sp³-hybridized carbons (Fsp3) is 0.622. The van der Waals surface area contributed by atoms with E-state index < -0.39 is 5.60 Å². The van der Waals surface area contributed by atoms with Crippen LogP contribution >= 0.6 is 11.3 Å². The third-order valence-electron chi connectivity index (χ3n) is 9.20. The van der Waals surface area contributed by atoms with Crippen LogP contribution in [-0.2, 0) is 4.74 Å². The number of amides is 1. The van der Waals surface area contributed by atoms with Crippen molar-refractivity contribution in [3.63, 3.8) is 0 Å². The molecule has 2 fully saturated rings. The van der Waals surface area contributed by atoms with Gasteiger partial charge in [0.05, 0.1) is 5.71 Å². The highest BCUT2D eigenvalue weighted by atomic mass is 32.1. The van der Waals surface area contributed by atoms with Crippen LogP contribution in [0.4, 0.5) is 9.18 Å². The minimum atomic E-state index is -0.491. The predicted octanol–water partition coefficient (Wildman–Crippen LogP) is 10.3. The average Bonchev–Trinajstić information content (AvgIpc) is 3.66. The Labute approximate surface area is 280 Å². The van der Waals surface area contributed by atoms with Crippen LogP contribution in [-0.4, -0.2) is 50.2 Å². The van der Waals surface area contributed by atoms with Crippen molar-refractivity contribution in [3.05, 3.63) is 62.8 Å². The van der Waals surface area contributed by atoms with Crippen LogP contribution in [0.25, 0.3) is 5.00 Å². The van der Waals surface area contributed by atoms with Gasteiger partial charge < -0.3 is 9.64 Å². The Balaban J connectivity index is 0.00000111. The second-order valence-corrected chi connectivity index (χ2v) is 14.4. The molecule has 0 radical (unpaired) electrons. The summed E-state index contributed by atoms with van der Waals surface area (Å²) < 4.78 is 23.6. The molecule has 6 rings (SSSR count). The van der Waals surface area contributed by atoms with Gasteiger partial charge in [0.1, 0.15) is 28.3 Å². The zero-order valence-corrected chi connectivity index (χ0v) is 30.0. The van der Waals surface area contributed by atoms with E-state index in [1.165, 1.54) is 4.88 Å². The predicted molar refractivity (Wildman–Crippen MR) is 189 cm³/mol. The Bertz CT molecular complexity index is 1540. The summed E-state index contributed by atoms with van der Waals surface area (Å²) in [6, 6.07) is 5.51. The number of aryl methyl sites for hydroxylation is 2. The first-order chi connectivity index (χ1) is 21.4. The molecule has 0 bridgehead atoms. The van der Waals surface area contributed by atoms with E-state index in [9.17, 15) is 4.79 Å². The van der Waals surface area contributed by atoms with E-state index in [0.717, 1.165) is 89.8 Å². The molecule has 1 spiro atoms. The standard InChI is InChI=1S/C32H40FN5O2S.2C2H6.CH4/c1-18-20(3)41-29-26(18)27(34-19(2)28-36-35-21(4)38(28)29)23-8-9-24(25(33)16-23)22-10-12-32(13-11-22)14-15-37(17-32)30(39)40-31(5,6)7;2*1-2;/h8-9,16,19,22H,10-15,17H2,1-7H3;2*1-2H3;1H4. The number of aromatic nitrogens is 3. The first kappa shape index (κ1) is 37.4. The van der Waals surface area contributed by atoms with Gasteiger partial charge in [-0.3, -0.25) is 9.56 Å². The number of likely N-dealkylation sites (tertiary alicyclic amines) is 1. The SMILES string of the molecule is C.CC.CC.Cc1sc2c(c1C)C(c1ccc(C3CCC4(CC3)CCN(C(=O)OC(C)(C)C)C4)c(F)c1)=NC(C)c1nnc(C)n1-2. The molecule has 254 valence electrons. The van der Waals surface area contributed by atoms with E-state index in [1.54, 1.807) is 17.4 Å². The van der Waals surface area contributed by atoms with Crippen LogP contribution in [0.1, 0.15) is 146 Å². The third-order valence-corrected chi connectivity index (χ3v) is 10.4. The molecule has 7 nitrogen and oxygen atoms in total. The summed E-state index contributed by atoms with van der Waals surface area (Å²) in [4.78, 5) is 20.8. The van der Waals surface area contributed by atoms with Crippen molar-refractivity contribution in [3.8, 4) is 5.00 Å². The summed E-state index contributed by atoms with van der Waals surface area (Å²) in [6.07, 6.45) is 4.62. The maximum Gasteiger partial charge on any atom is 0.410 e. The lowest BCUT2D eigenvalue weighted by Crippen LogP contribution is -2.37. The monoisotopic (exact) mass is 653 g/mol. The van der Waals surface area contributed by atoms with Crippen molar-refractivity contribution in [1.82, 2.24) is 19.7 Å². The molecule has 9 heteroatoms. The molecule has 1 unspecified atom stereocenters. The van der Waals surface area contributed by atoms with E-state index in [0.29, 0.717) is 0 Å². The molecule has 1 saturated heterocycles. The van der Waals surface area contributed by atoms with Gasteiger partial charge in [-0.15, -0.1) is 21.5 Å². The molecule has 1 amide bonds. The number of carbonyl (C=O) groups excluding carboxylic acids is 1. The lowest BCUT2D eigenvalue weighted by atomic mass is 9.68. The van der Waals surface area contributed by atoms with Crippen LogP contribution in [0.2, 0.25) is 0 Å². The maximum absolute atomic E-state index is 15.9. The van der Waals surface area contributed by atoms with Crippen LogP contribution < -0.4 is 0 Å². The number of halogens is 1. The van der Waals surface area contributed by atoms with Crippen molar-refractivity contribution < 1.29 is 13.9 Å². The number of fused-ring (bicyclic) bond motifs is 3. The summed E-state index contributed by atoms with van der Waals surface area (Å²) in [6.45, 7) is 23.4. The number of benzene rings is 1. The van der Waals surface area contributed by atoms with Crippen molar-refractivity contribution >= 4 is 23.1 Å². The Morgan fingerprint density at radius 2 is 1.70 bits per heavy atom. The van der Waals surface area contributed by atoms with E-state index in [2.05, 4.69) is 28.6 Å². The van der Waals surface area contributed by atoms with Gasteiger partial charge in [-0.1, -0.05) is 47.3 Å². The van der Waals surface area contributed by atoms with Crippen molar-refractivity contribution in [2.45, 2.75) is 133 Å². The molecular weight excluding hydrogens is 598 g/mol. The molecule has 1 saturated carbocycles. The number of thiophene rings is 1. The Hall–Kier alpha value is -3.07. The van der Waals surface area contributed by atoms with E-state index >= 15 is 4.39 Å².